The Hall–Kier alpha value is -1.01. The Morgan fingerprint density at radius 1 is 1.29 bits per heavy atom. The van der Waals surface area contributed by atoms with Crippen molar-refractivity contribution in [2.45, 2.75) is 45.8 Å². The van der Waals surface area contributed by atoms with Gasteiger partial charge in [-0.25, -0.2) is 4.79 Å². The van der Waals surface area contributed by atoms with Crippen molar-refractivity contribution in [3.63, 3.8) is 0 Å². The summed E-state index contributed by atoms with van der Waals surface area (Å²) >= 11 is 3.48. The quantitative estimate of drug-likeness (QED) is 0.764. The van der Waals surface area contributed by atoms with Crippen LogP contribution in [0.4, 0.5) is 0 Å². The van der Waals surface area contributed by atoms with Crippen molar-refractivity contribution in [3.05, 3.63) is 22.2 Å². The number of benzene rings is 1. The molecule has 0 fully saturated rings. The van der Waals surface area contributed by atoms with Crippen molar-refractivity contribution >= 4 is 30.2 Å². The highest BCUT2D eigenvalue weighted by Crippen LogP contribution is 2.40. The minimum atomic E-state index is -1.92. The second-order valence-corrected chi connectivity index (χ2v) is 12.2. The first-order valence-corrected chi connectivity index (χ1v) is 10.5. The van der Waals surface area contributed by atoms with Gasteiger partial charge in [-0.05, 0) is 58.7 Å². The molecule has 0 spiro atoms. The molecule has 0 unspecified atom stereocenters. The summed E-state index contributed by atoms with van der Waals surface area (Å²) in [5.74, 6) is 0.334. The van der Waals surface area contributed by atoms with Crippen LogP contribution >= 0.6 is 15.9 Å². The van der Waals surface area contributed by atoms with Crippen LogP contribution in [-0.2, 0) is 4.79 Å². The summed E-state index contributed by atoms with van der Waals surface area (Å²) < 4.78 is 12.3. The maximum absolute atomic E-state index is 10.6. The zero-order chi connectivity index (χ0) is 16.4. The molecule has 0 radical (unpaired) electrons. The average Bonchev–Trinajstić information content (AvgIpc) is 2.29. The smallest absolute Gasteiger partial charge is 0.341 e. The summed E-state index contributed by atoms with van der Waals surface area (Å²) in [6, 6.07) is 3.66. The minimum Gasteiger partial charge on any atom is -0.543 e. The van der Waals surface area contributed by atoms with Gasteiger partial charge < -0.3 is 14.3 Å². The number of rotatable bonds is 5. The summed E-state index contributed by atoms with van der Waals surface area (Å²) in [6.07, 6.45) is 0. The fourth-order valence-corrected chi connectivity index (χ4v) is 3.02. The highest BCUT2D eigenvalue weighted by molar-refractivity contribution is 9.10. The Morgan fingerprint density at radius 3 is 2.33 bits per heavy atom. The lowest BCUT2D eigenvalue weighted by atomic mass is 10.2. The van der Waals surface area contributed by atoms with E-state index in [2.05, 4.69) is 49.8 Å². The summed E-state index contributed by atoms with van der Waals surface area (Å²) in [5, 5.41) is 8.79. The molecule has 0 atom stereocenters. The van der Waals surface area contributed by atoms with Crippen molar-refractivity contribution in [2.24, 2.45) is 0 Å². The molecule has 1 rings (SSSR count). The third-order valence-corrected chi connectivity index (χ3v) is 8.71. The van der Waals surface area contributed by atoms with E-state index in [0.29, 0.717) is 5.75 Å². The third kappa shape index (κ3) is 4.74. The molecule has 118 valence electrons. The number of hydrogen-bond acceptors (Lipinski definition) is 3. The Labute approximate surface area is 135 Å². The lowest BCUT2D eigenvalue weighted by Gasteiger charge is -2.36. The molecule has 1 aromatic rings. The van der Waals surface area contributed by atoms with Gasteiger partial charge in [-0.1, -0.05) is 20.8 Å². The van der Waals surface area contributed by atoms with E-state index in [4.69, 9.17) is 14.3 Å². The molecule has 0 amide bonds. The maximum Gasteiger partial charge on any atom is 0.341 e. The molecule has 0 aliphatic carbocycles. The molecule has 0 aromatic heterocycles. The Kier molecular flexibility index (Phi) is 5.49. The van der Waals surface area contributed by atoms with Crippen LogP contribution in [-0.4, -0.2) is 26.0 Å². The van der Waals surface area contributed by atoms with E-state index < -0.39 is 14.3 Å². The first-order valence-electron chi connectivity index (χ1n) is 6.78. The minimum absolute atomic E-state index is 0.110. The highest BCUT2D eigenvalue weighted by Gasteiger charge is 2.39. The lowest BCUT2D eigenvalue weighted by Crippen LogP contribution is -2.43. The van der Waals surface area contributed by atoms with Gasteiger partial charge in [0.25, 0.3) is 8.32 Å². The second kappa shape index (κ2) is 6.40. The SMILES string of the molecule is Cc1cc(O[Si](C)(C)C(C)(C)C)c(Br)cc1OCC(=O)O. The van der Waals surface area contributed by atoms with Gasteiger partial charge in [0.05, 0.1) is 4.47 Å². The number of aliphatic carboxylic acids is 1. The molecule has 21 heavy (non-hydrogen) atoms. The molecule has 0 aliphatic heterocycles. The molecular formula is C15H23BrO4Si. The predicted molar refractivity (Wildman–Crippen MR) is 89.8 cm³/mol. The highest BCUT2D eigenvalue weighted by atomic mass is 79.9. The summed E-state index contributed by atoms with van der Waals surface area (Å²) in [5.41, 5.74) is 0.855. The van der Waals surface area contributed by atoms with Crippen molar-refractivity contribution in [3.8, 4) is 11.5 Å². The van der Waals surface area contributed by atoms with Crippen LogP contribution in [0.2, 0.25) is 18.1 Å². The van der Waals surface area contributed by atoms with Gasteiger partial charge in [-0.15, -0.1) is 0 Å². The average molecular weight is 375 g/mol. The van der Waals surface area contributed by atoms with Crippen LogP contribution in [0, 0.1) is 6.92 Å². The number of carboxylic acid groups (broad SMARTS) is 1. The fourth-order valence-electron chi connectivity index (χ4n) is 1.44. The second-order valence-electron chi connectivity index (χ2n) is 6.59. The molecule has 1 aromatic carbocycles. The molecular weight excluding hydrogens is 352 g/mol. The number of carbonyl (C=O) groups is 1. The molecule has 6 heteroatoms. The monoisotopic (exact) mass is 374 g/mol. The zero-order valence-electron chi connectivity index (χ0n) is 13.4. The molecule has 0 heterocycles. The summed E-state index contributed by atoms with van der Waals surface area (Å²) in [6.45, 7) is 12.4. The molecule has 1 N–H and O–H groups in total. The van der Waals surface area contributed by atoms with E-state index in [1.807, 2.05) is 13.0 Å². The van der Waals surface area contributed by atoms with Crippen LogP contribution in [0.25, 0.3) is 0 Å². The van der Waals surface area contributed by atoms with E-state index in [0.717, 1.165) is 15.8 Å². The zero-order valence-corrected chi connectivity index (χ0v) is 16.0. The van der Waals surface area contributed by atoms with E-state index in [-0.39, 0.29) is 11.6 Å². The topological polar surface area (TPSA) is 55.8 Å². The summed E-state index contributed by atoms with van der Waals surface area (Å²) in [4.78, 5) is 10.6. The van der Waals surface area contributed by atoms with Gasteiger partial charge in [0, 0.05) is 0 Å². The van der Waals surface area contributed by atoms with Crippen molar-refractivity contribution in [2.75, 3.05) is 6.61 Å². The van der Waals surface area contributed by atoms with Gasteiger partial charge in [0.1, 0.15) is 11.5 Å². The van der Waals surface area contributed by atoms with E-state index in [1.54, 1.807) is 6.07 Å². The summed E-state index contributed by atoms with van der Waals surface area (Å²) in [7, 11) is -1.92. The Bertz CT molecular complexity index is 535. The normalized spacial score (nSPS) is 12.1. The maximum atomic E-state index is 10.6. The van der Waals surface area contributed by atoms with E-state index >= 15 is 0 Å². The molecule has 4 nitrogen and oxygen atoms in total. The number of carboxylic acids is 1. The lowest BCUT2D eigenvalue weighted by molar-refractivity contribution is -0.139. The van der Waals surface area contributed by atoms with Gasteiger partial charge >= 0.3 is 5.97 Å². The predicted octanol–water partition coefficient (Wildman–Crippen LogP) is 4.60. The van der Waals surface area contributed by atoms with Crippen molar-refractivity contribution in [1.29, 1.82) is 0 Å². The van der Waals surface area contributed by atoms with Gasteiger partial charge in [-0.3, -0.25) is 0 Å². The first-order chi connectivity index (χ1) is 9.44. The number of ether oxygens (including phenoxy) is 1. The third-order valence-electron chi connectivity index (χ3n) is 3.75. The Morgan fingerprint density at radius 2 is 1.86 bits per heavy atom. The Balaban J connectivity index is 3.02. The van der Waals surface area contributed by atoms with Gasteiger partial charge in [0.2, 0.25) is 0 Å². The number of hydrogen-bond donors (Lipinski definition) is 1. The molecule has 0 aliphatic rings. The van der Waals surface area contributed by atoms with E-state index in [9.17, 15) is 4.79 Å². The van der Waals surface area contributed by atoms with Gasteiger partial charge in [-0.2, -0.15) is 0 Å². The first kappa shape index (κ1) is 18.0. The van der Waals surface area contributed by atoms with Crippen LogP contribution in [0.3, 0.4) is 0 Å². The molecule has 0 bridgehead atoms. The standard InChI is InChI=1S/C15H23BrO4Si/c1-10-7-13(20-21(5,6)15(2,3)4)11(16)8-12(10)19-9-14(17)18/h7-8H,9H2,1-6H3,(H,17,18). The van der Waals surface area contributed by atoms with Crippen LogP contribution in [0.1, 0.15) is 26.3 Å². The molecule has 0 saturated carbocycles. The molecule has 0 saturated heterocycles. The van der Waals surface area contributed by atoms with E-state index in [1.165, 1.54) is 0 Å². The van der Waals surface area contributed by atoms with Crippen LogP contribution in [0.15, 0.2) is 16.6 Å². The van der Waals surface area contributed by atoms with Crippen molar-refractivity contribution in [1.82, 2.24) is 0 Å². The fraction of sp³-hybridized carbons (Fsp3) is 0.533. The number of halogens is 1. The van der Waals surface area contributed by atoms with Crippen molar-refractivity contribution < 1.29 is 19.1 Å². The van der Waals surface area contributed by atoms with Crippen LogP contribution < -0.4 is 9.16 Å². The van der Waals surface area contributed by atoms with Gasteiger partial charge in [0.15, 0.2) is 6.61 Å². The van der Waals surface area contributed by atoms with Crippen LogP contribution in [0.5, 0.6) is 11.5 Å². The largest absolute Gasteiger partial charge is 0.543 e. The number of aryl methyl sites for hydroxylation is 1.